The number of likely N-dealkylation sites (tertiary alicyclic amines) is 1. The number of halogens is 1. The molecule has 2 aliphatic heterocycles. The van der Waals surface area contributed by atoms with Crippen LogP contribution < -0.4 is 9.64 Å². The van der Waals surface area contributed by atoms with Gasteiger partial charge in [0.15, 0.2) is 11.6 Å². The second-order valence-electron chi connectivity index (χ2n) is 7.12. The van der Waals surface area contributed by atoms with Gasteiger partial charge in [-0.2, -0.15) is 0 Å². The van der Waals surface area contributed by atoms with Gasteiger partial charge < -0.3 is 14.5 Å². The lowest BCUT2D eigenvalue weighted by atomic mass is 9.92. The van der Waals surface area contributed by atoms with E-state index in [0.29, 0.717) is 30.5 Å². The van der Waals surface area contributed by atoms with Crippen LogP contribution in [0.5, 0.6) is 5.75 Å². The molecule has 142 valence electrons. The molecule has 0 saturated carbocycles. The summed E-state index contributed by atoms with van der Waals surface area (Å²) in [6, 6.07) is 10.4. The van der Waals surface area contributed by atoms with Crippen LogP contribution in [0.1, 0.15) is 30.1 Å². The molecule has 0 aliphatic carbocycles. The summed E-state index contributed by atoms with van der Waals surface area (Å²) in [5.41, 5.74) is 0.667. The number of benzene rings is 1. The average Bonchev–Trinajstić information content (AvgIpc) is 3.12. The predicted octanol–water partition coefficient (Wildman–Crippen LogP) is 3.36. The summed E-state index contributed by atoms with van der Waals surface area (Å²) in [7, 11) is 0. The van der Waals surface area contributed by atoms with Crippen LogP contribution in [0.4, 0.5) is 10.2 Å². The minimum atomic E-state index is -0.307. The molecule has 2 saturated heterocycles. The Kier molecular flexibility index (Phi) is 4.97. The Hall–Kier alpha value is -2.63. The van der Waals surface area contributed by atoms with Crippen LogP contribution in [0, 0.1) is 11.7 Å². The average molecular weight is 369 g/mol. The smallest absolute Gasteiger partial charge is 0.254 e. The predicted molar refractivity (Wildman–Crippen MR) is 102 cm³/mol. The normalized spacial score (nSPS) is 21.9. The van der Waals surface area contributed by atoms with Crippen molar-refractivity contribution >= 4 is 11.7 Å². The van der Waals surface area contributed by atoms with Crippen LogP contribution in [0.15, 0.2) is 42.6 Å². The summed E-state index contributed by atoms with van der Waals surface area (Å²) in [6.07, 6.45) is 3.57. The Morgan fingerprint density at radius 2 is 2.00 bits per heavy atom. The molecule has 0 N–H and O–H groups in total. The van der Waals surface area contributed by atoms with Gasteiger partial charge in [0.05, 0.1) is 12.6 Å². The van der Waals surface area contributed by atoms with Crippen molar-refractivity contribution in [2.24, 2.45) is 5.92 Å². The number of nitrogens with zero attached hydrogens (tertiary/aromatic N) is 3. The first-order valence-corrected chi connectivity index (χ1v) is 9.56. The van der Waals surface area contributed by atoms with Crippen LogP contribution in [0.25, 0.3) is 0 Å². The molecule has 1 amide bonds. The summed E-state index contributed by atoms with van der Waals surface area (Å²) >= 11 is 0. The first-order valence-electron chi connectivity index (χ1n) is 9.56. The fraction of sp³-hybridized carbons (Fsp3) is 0.429. The van der Waals surface area contributed by atoms with E-state index >= 15 is 0 Å². The van der Waals surface area contributed by atoms with Gasteiger partial charge in [-0.15, -0.1) is 0 Å². The van der Waals surface area contributed by atoms with E-state index in [2.05, 4.69) is 4.98 Å². The fourth-order valence-corrected chi connectivity index (χ4v) is 4.22. The SMILES string of the molecule is CCOc1ccc(C(=O)N2CCC3CCN(c4ncccc4F)CC32)cc1. The molecular weight excluding hydrogens is 345 g/mol. The number of hydrogen-bond acceptors (Lipinski definition) is 4. The van der Waals surface area contributed by atoms with Crippen LogP contribution in [0.3, 0.4) is 0 Å². The monoisotopic (exact) mass is 369 g/mol. The first kappa shape index (κ1) is 17.8. The number of hydrogen-bond donors (Lipinski definition) is 0. The summed E-state index contributed by atoms with van der Waals surface area (Å²) in [4.78, 5) is 21.2. The van der Waals surface area contributed by atoms with Crippen molar-refractivity contribution in [3.8, 4) is 5.75 Å². The number of ether oxygens (including phenoxy) is 1. The van der Waals surface area contributed by atoms with E-state index in [4.69, 9.17) is 4.74 Å². The standard InChI is InChI=1S/C21H24FN3O2/c1-2-27-17-7-5-16(6-8-17)21(26)25-13-10-15-9-12-24(14-19(15)25)20-18(22)4-3-11-23-20/h3-8,11,15,19H,2,9-10,12-14H2,1H3. The van der Waals surface area contributed by atoms with Crippen LogP contribution >= 0.6 is 0 Å². The number of fused-ring (bicyclic) bond motifs is 1. The molecule has 1 aromatic heterocycles. The summed E-state index contributed by atoms with van der Waals surface area (Å²) in [6.45, 7) is 4.69. The molecule has 5 nitrogen and oxygen atoms in total. The fourth-order valence-electron chi connectivity index (χ4n) is 4.22. The van der Waals surface area contributed by atoms with Crippen LogP contribution in [0.2, 0.25) is 0 Å². The Labute approximate surface area is 158 Å². The highest BCUT2D eigenvalue weighted by Crippen LogP contribution is 2.34. The Morgan fingerprint density at radius 1 is 1.22 bits per heavy atom. The van der Waals surface area contributed by atoms with Crippen molar-refractivity contribution in [2.45, 2.75) is 25.8 Å². The molecule has 1 aromatic carbocycles. The van der Waals surface area contributed by atoms with Crippen molar-refractivity contribution in [1.29, 1.82) is 0 Å². The molecule has 0 bridgehead atoms. The minimum absolute atomic E-state index is 0.0360. The van der Waals surface area contributed by atoms with Crippen molar-refractivity contribution in [3.05, 3.63) is 54.0 Å². The van der Waals surface area contributed by atoms with E-state index in [9.17, 15) is 9.18 Å². The highest BCUT2D eigenvalue weighted by atomic mass is 19.1. The molecule has 3 heterocycles. The van der Waals surface area contributed by atoms with E-state index in [0.717, 1.165) is 31.7 Å². The van der Waals surface area contributed by atoms with Gasteiger partial charge in [-0.3, -0.25) is 4.79 Å². The number of pyridine rings is 1. The number of carbonyl (C=O) groups excluding carboxylic acids is 1. The molecule has 2 fully saturated rings. The Balaban J connectivity index is 1.51. The Morgan fingerprint density at radius 3 is 2.74 bits per heavy atom. The zero-order valence-corrected chi connectivity index (χ0v) is 15.5. The molecule has 4 rings (SSSR count). The van der Waals surface area contributed by atoms with Gasteiger partial charge >= 0.3 is 0 Å². The van der Waals surface area contributed by atoms with Crippen molar-refractivity contribution < 1.29 is 13.9 Å². The Bertz CT molecular complexity index is 811. The van der Waals surface area contributed by atoms with Crippen molar-refractivity contribution in [3.63, 3.8) is 0 Å². The third-order valence-corrected chi connectivity index (χ3v) is 5.57. The third-order valence-electron chi connectivity index (χ3n) is 5.57. The van der Waals surface area contributed by atoms with Crippen LogP contribution in [-0.2, 0) is 0 Å². The van der Waals surface area contributed by atoms with Gasteiger partial charge in [0.25, 0.3) is 5.91 Å². The summed E-state index contributed by atoms with van der Waals surface area (Å²) < 4.78 is 19.6. The highest BCUT2D eigenvalue weighted by molar-refractivity contribution is 5.94. The van der Waals surface area contributed by atoms with E-state index in [1.54, 1.807) is 12.3 Å². The third kappa shape index (κ3) is 3.48. The highest BCUT2D eigenvalue weighted by Gasteiger charge is 2.41. The van der Waals surface area contributed by atoms with Crippen LogP contribution in [-0.4, -0.2) is 48.1 Å². The number of rotatable bonds is 4. The second kappa shape index (κ2) is 7.55. The molecular formula is C21H24FN3O2. The number of carbonyl (C=O) groups is 1. The lowest BCUT2D eigenvalue weighted by Gasteiger charge is -2.39. The molecule has 0 radical (unpaired) electrons. The molecule has 2 unspecified atom stereocenters. The van der Waals surface area contributed by atoms with Gasteiger partial charge in [-0.1, -0.05) is 0 Å². The van der Waals surface area contributed by atoms with Gasteiger partial charge in [0, 0.05) is 31.4 Å². The number of piperidine rings is 1. The number of amides is 1. The maximum atomic E-state index is 14.1. The molecule has 6 heteroatoms. The number of aromatic nitrogens is 1. The minimum Gasteiger partial charge on any atom is -0.494 e. The number of anilines is 1. The van der Waals surface area contributed by atoms with Crippen molar-refractivity contribution in [1.82, 2.24) is 9.88 Å². The maximum absolute atomic E-state index is 14.1. The summed E-state index contributed by atoms with van der Waals surface area (Å²) in [5, 5.41) is 0. The molecule has 2 atom stereocenters. The quantitative estimate of drug-likeness (QED) is 0.829. The van der Waals surface area contributed by atoms with Gasteiger partial charge in [-0.25, -0.2) is 9.37 Å². The molecule has 2 aliphatic rings. The molecule has 2 aromatic rings. The largest absolute Gasteiger partial charge is 0.494 e. The van der Waals surface area contributed by atoms with E-state index in [1.807, 2.05) is 41.0 Å². The molecule has 27 heavy (non-hydrogen) atoms. The lowest BCUT2D eigenvalue weighted by Crippen LogP contribution is -2.50. The first-order chi connectivity index (χ1) is 13.2. The second-order valence-corrected chi connectivity index (χ2v) is 7.12. The van der Waals surface area contributed by atoms with Gasteiger partial charge in [0.2, 0.25) is 0 Å². The van der Waals surface area contributed by atoms with Gasteiger partial charge in [0.1, 0.15) is 5.75 Å². The van der Waals surface area contributed by atoms with E-state index < -0.39 is 0 Å². The topological polar surface area (TPSA) is 45.7 Å². The lowest BCUT2D eigenvalue weighted by molar-refractivity contribution is 0.0712. The maximum Gasteiger partial charge on any atom is 0.254 e. The molecule has 0 spiro atoms. The summed E-state index contributed by atoms with van der Waals surface area (Å²) in [5.74, 6) is 1.35. The zero-order chi connectivity index (χ0) is 18.8. The van der Waals surface area contributed by atoms with E-state index in [1.165, 1.54) is 6.07 Å². The van der Waals surface area contributed by atoms with Crippen molar-refractivity contribution in [2.75, 3.05) is 31.1 Å². The van der Waals surface area contributed by atoms with Gasteiger partial charge in [-0.05, 0) is 62.1 Å². The van der Waals surface area contributed by atoms with E-state index in [-0.39, 0.29) is 17.8 Å². The zero-order valence-electron chi connectivity index (χ0n) is 15.5.